The average molecular weight is 379 g/mol. The number of aryl methyl sites for hydroxylation is 2. The van der Waals surface area contributed by atoms with Crippen LogP contribution in [0.4, 0.5) is 0 Å². The first kappa shape index (κ1) is 19.5. The Balaban J connectivity index is 1.66. The van der Waals surface area contributed by atoms with Crippen LogP contribution < -0.4 is 0 Å². The Morgan fingerprint density at radius 1 is 1.07 bits per heavy atom. The highest BCUT2D eigenvalue weighted by atomic mass is 16.5. The standard InChI is InChI=1S/C22H21NO5/c1-13-8-9-17(10-14(13)2)21(26)15(3)28-20(25)12-23-19(24)11-16-6-4-5-7-18(16)22(23)27/h4-10,15H,11-12H2,1-3H3/t15-/m0/s1. The van der Waals surface area contributed by atoms with E-state index < -0.39 is 30.4 Å². The first-order valence-electron chi connectivity index (χ1n) is 9.01. The van der Waals surface area contributed by atoms with Gasteiger partial charge in [0.25, 0.3) is 5.91 Å². The third kappa shape index (κ3) is 3.86. The second-order valence-corrected chi connectivity index (χ2v) is 6.91. The summed E-state index contributed by atoms with van der Waals surface area (Å²) in [4.78, 5) is 50.4. The van der Waals surface area contributed by atoms with E-state index >= 15 is 0 Å². The maximum Gasteiger partial charge on any atom is 0.326 e. The van der Waals surface area contributed by atoms with Crippen LogP contribution in [0.5, 0.6) is 0 Å². The Hall–Kier alpha value is -3.28. The SMILES string of the molecule is Cc1ccc(C(=O)[C@H](C)OC(=O)CN2C(=O)Cc3ccccc3C2=O)cc1C. The minimum atomic E-state index is -1.02. The molecule has 2 amide bonds. The highest BCUT2D eigenvalue weighted by Crippen LogP contribution is 2.20. The van der Waals surface area contributed by atoms with Crippen LogP contribution in [0.15, 0.2) is 42.5 Å². The lowest BCUT2D eigenvalue weighted by Gasteiger charge is -2.26. The lowest BCUT2D eigenvalue weighted by Crippen LogP contribution is -2.46. The normalized spacial score (nSPS) is 14.5. The molecule has 0 spiro atoms. The van der Waals surface area contributed by atoms with Gasteiger partial charge in [0.15, 0.2) is 6.10 Å². The van der Waals surface area contributed by atoms with E-state index in [2.05, 4.69) is 0 Å². The molecule has 3 rings (SSSR count). The molecule has 0 bridgehead atoms. The second kappa shape index (κ2) is 7.76. The van der Waals surface area contributed by atoms with Gasteiger partial charge in [0.1, 0.15) is 6.54 Å². The first-order chi connectivity index (χ1) is 13.3. The Kier molecular flexibility index (Phi) is 5.40. The molecular formula is C22H21NO5. The molecule has 2 aromatic rings. The van der Waals surface area contributed by atoms with Gasteiger partial charge in [-0.2, -0.15) is 0 Å². The van der Waals surface area contributed by atoms with Crippen molar-refractivity contribution in [3.8, 4) is 0 Å². The lowest BCUT2D eigenvalue weighted by molar-refractivity contribution is -0.150. The quantitative estimate of drug-likeness (QED) is 0.453. The largest absolute Gasteiger partial charge is 0.453 e. The number of rotatable bonds is 5. The van der Waals surface area contributed by atoms with Crippen molar-refractivity contribution in [1.82, 2.24) is 4.90 Å². The maximum absolute atomic E-state index is 12.5. The van der Waals surface area contributed by atoms with Crippen molar-refractivity contribution in [1.29, 1.82) is 0 Å². The van der Waals surface area contributed by atoms with E-state index in [9.17, 15) is 19.2 Å². The van der Waals surface area contributed by atoms with Crippen molar-refractivity contribution in [3.63, 3.8) is 0 Å². The fourth-order valence-corrected chi connectivity index (χ4v) is 3.11. The number of amides is 2. The van der Waals surface area contributed by atoms with Crippen molar-refractivity contribution < 1.29 is 23.9 Å². The molecule has 0 saturated carbocycles. The topological polar surface area (TPSA) is 80.8 Å². The van der Waals surface area contributed by atoms with Gasteiger partial charge in [0, 0.05) is 11.1 Å². The number of benzene rings is 2. The number of nitrogens with zero attached hydrogens (tertiary/aromatic N) is 1. The zero-order valence-electron chi connectivity index (χ0n) is 16.0. The number of ether oxygens (including phenoxy) is 1. The van der Waals surface area contributed by atoms with Crippen LogP contribution in [0.25, 0.3) is 0 Å². The molecule has 1 heterocycles. The predicted octanol–water partition coefficient (Wildman–Crippen LogP) is 2.64. The molecule has 0 unspecified atom stereocenters. The number of Topliss-reactive ketones (excluding diaryl/α,β-unsaturated/α-hetero) is 1. The number of hydrogen-bond donors (Lipinski definition) is 0. The van der Waals surface area contributed by atoms with Crippen molar-refractivity contribution in [2.75, 3.05) is 6.54 Å². The van der Waals surface area contributed by atoms with Gasteiger partial charge < -0.3 is 4.74 Å². The molecule has 1 atom stereocenters. The van der Waals surface area contributed by atoms with E-state index in [1.165, 1.54) is 6.92 Å². The van der Waals surface area contributed by atoms with Gasteiger partial charge in [-0.15, -0.1) is 0 Å². The molecule has 0 aromatic heterocycles. The lowest BCUT2D eigenvalue weighted by atomic mass is 9.98. The van der Waals surface area contributed by atoms with Crippen LogP contribution in [0, 0.1) is 13.8 Å². The number of fused-ring (bicyclic) bond motifs is 1. The monoisotopic (exact) mass is 379 g/mol. The number of esters is 1. The van der Waals surface area contributed by atoms with E-state index in [0.29, 0.717) is 16.7 Å². The number of carbonyl (C=O) groups is 4. The summed E-state index contributed by atoms with van der Waals surface area (Å²) in [6, 6.07) is 12.1. The van der Waals surface area contributed by atoms with Crippen molar-refractivity contribution in [2.45, 2.75) is 33.3 Å². The molecule has 0 saturated heterocycles. The van der Waals surface area contributed by atoms with E-state index in [0.717, 1.165) is 16.0 Å². The smallest absolute Gasteiger partial charge is 0.326 e. The van der Waals surface area contributed by atoms with E-state index in [1.807, 2.05) is 19.9 Å². The highest BCUT2D eigenvalue weighted by Gasteiger charge is 2.33. The summed E-state index contributed by atoms with van der Waals surface area (Å²) in [5.41, 5.74) is 3.51. The summed E-state index contributed by atoms with van der Waals surface area (Å²) < 4.78 is 5.19. The van der Waals surface area contributed by atoms with E-state index in [4.69, 9.17) is 4.74 Å². The van der Waals surface area contributed by atoms with E-state index in [-0.39, 0.29) is 12.2 Å². The van der Waals surface area contributed by atoms with Crippen LogP contribution in [-0.4, -0.2) is 41.1 Å². The molecule has 6 nitrogen and oxygen atoms in total. The zero-order valence-corrected chi connectivity index (χ0v) is 16.0. The summed E-state index contributed by atoms with van der Waals surface area (Å²) in [5.74, 6) is -2.13. The average Bonchev–Trinajstić information content (AvgIpc) is 2.66. The summed E-state index contributed by atoms with van der Waals surface area (Å²) >= 11 is 0. The Labute approximate surface area is 163 Å². The van der Waals surface area contributed by atoms with Gasteiger partial charge in [-0.25, -0.2) is 0 Å². The molecule has 2 aromatic carbocycles. The minimum Gasteiger partial charge on any atom is -0.453 e. The summed E-state index contributed by atoms with van der Waals surface area (Å²) in [6.45, 7) is 4.80. The molecule has 1 aliphatic heterocycles. The second-order valence-electron chi connectivity index (χ2n) is 6.91. The molecule has 1 aliphatic rings. The van der Waals surface area contributed by atoms with Crippen LogP contribution >= 0.6 is 0 Å². The van der Waals surface area contributed by atoms with E-state index in [1.54, 1.807) is 36.4 Å². The summed E-state index contributed by atoms with van der Waals surface area (Å²) in [5, 5.41) is 0. The molecule has 0 aliphatic carbocycles. The van der Waals surface area contributed by atoms with Crippen molar-refractivity contribution in [3.05, 3.63) is 70.3 Å². The summed E-state index contributed by atoms with van der Waals surface area (Å²) in [7, 11) is 0. The van der Waals surface area contributed by atoms with Gasteiger partial charge in [0.2, 0.25) is 11.7 Å². The first-order valence-corrected chi connectivity index (χ1v) is 9.01. The van der Waals surface area contributed by atoms with Crippen molar-refractivity contribution >= 4 is 23.6 Å². The molecule has 6 heteroatoms. The zero-order chi connectivity index (χ0) is 20.4. The fourth-order valence-electron chi connectivity index (χ4n) is 3.11. The number of carbonyl (C=O) groups excluding carboxylic acids is 4. The molecule has 0 radical (unpaired) electrons. The van der Waals surface area contributed by atoms with Crippen LogP contribution in [-0.2, 0) is 20.7 Å². The van der Waals surface area contributed by atoms with Gasteiger partial charge in [-0.3, -0.25) is 24.1 Å². The number of imide groups is 1. The van der Waals surface area contributed by atoms with Gasteiger partial charge in [-0.1, -0.05) is 30.3 Å². The Bertz CT molecular complexity index is 979. The van der Waals surface area contributed by atoms with Crippen LogP contribution in [0.2, 0.25) is 0 Å². The van der Waals surface area contributed by atoms with Gasteiger partial charge >= 0.3 is 5.97 Å². The Morgan fingerprint density at radius 2 is 1.79 bits per heavy atom. The summed E-state index contributed by atoms with van der Waals surface area (Å²) in [6.07, 6.45) is -0.969. The fraction of sp³-hybridized carbons (Fsp3) is 0.273. The van der Waals surface area contributed by atoms with Gasteiger partial charge in [-0.05, 0) is 49.6 Å². The number of ketones is 1. The number of hydrogen-bond acceptors (Lipinski definition) is 5. The molecule has 0 N–H and O–H groups in total. The van der Waals surface area contributed by atoms with Crippen LogP contribution in [0.3, 0.4) is 0 Å². The predicted molar refractivity (Wildman–Crippen MR) is 102 cm³/mol. The highest BCUT2D eigenvalue weighted by molar-refractivity contribution is 6.11. The maximum atomic E-state index is 12.5. The van der Waals surface area contributed by atoms with Crippen molar-refractivity contribution in [2.24, 2.45) is 0 Å². The van der Waals surface area contributed by atoms with Crippen LogP contribution in [0.1, 0.15) is 44.3 Å². The molecular weight excluding hydrogens is 358 g/mol. The third-order valence-electron chi connectivity index (χ3n) is 4.89. The molecule has 28 heavy (non-hydrogen) atoms. The Morgan fingerprint density at radius 3 is 2.50 bits per heavy atom. The third-order valence-corrected chi connectivity index (χ3v) is 4.89. The minimum absolute atomic E-state index is 0.0479. The van der Waals surface area contributed by atoms with Gasteiger partial charge in [0.05, 0.1) is 6.42 Å². The molecule has 0 fully saturated rings. The molecule has 144 valence electrons.